The molecule has 1 saturated heterocycles. The molecule has 1 fully saturated rings. The molecule has 1 aliphatic rings. The summed E-state index contributed by atoms with van der Waals surface area (Å²) in [5.41, 5.74) is 0.356. The zero-order valence-corrected chi connectivity index (χ0v) is 16.0. The number of amides is 1. The monoisotopic (exact) mass is 421 g/mol. The van der Waals surface area contributed by atoms with E-state index in [-0.39, 0.29) is 53.9 Å². The Morgan fingerprint density at radius 1 is 1.03 bits per heavy atom. The van der Waals surface area contributed by atoms with E-state index < -0.39 is 16.6 Å². The van der Waals surface area contributed by atoms with Gasteiger partial charge in [-0.25, -0.2) is 8.42 Å². The molecule has 0 unspecified atom stereocenters. The van der Waals surface area contributed by atoms with Crippen LogP contribution in [0.25, 0.3) is 0 Å². The molecule has 0 saturated carbocycles. The van der Waals surface area contributed by atoms with Crippen LogP contribution in [0.15, 0.2) is 53.4 Å². The van der Waals surface area contributed by atoms with Gasteiger partial charge >= 0.3 is 6.61 Å². The van der Waals surface area contributed by atoms with Crippen molar-refractivity contribution in [2.24, 2.45) is 0 Å². The Hall–Kier alpha value is -3.03. The Morgan fingerprint density at radius 3 is 2.24 bits per heavy atom. The van der Waals surface area contributed by atoms with Crippen molar-refractivity contribution in [3.8, 4) is 11.8 Å². The maximum Gasteiger partial charge on any atom is 0.387 e. The maximum atomic E-state index is 12.8. The van der Waals surface area contributed by atoms with Crippen molar-refractivity contribution < 1.29 is 26.7 Å². The van der Waals surface area contributed by atoms with Gasteiger partial charge in [0.2, 0.25) is 10.0 Å². The molecule has 0 aliphatic carbocycles. The van der Waals surface area contributed by atoms with E-state index in [1.807, 2.05) is 6.07 Å². The van der Waals surface area contributed by atoms with Crippen LogP contribution in [0, 0.1) is 11.3 Å². The summed E-state index contributed by atoms with van der Waals surface area (Å²) in [6.07, 6.45) is 0. The number of rotatable bonds is 5. The van der Waals surface area contributed by atoms with Gasteiger partial charge in [-0.05, 0) is 36.4 Å². The van der Waals surface area contributed by atoms with E-state index in [1.54, 1.807) is 12.1 Å². The number of carbonyl (C=O) groups excluding carboxylic acids is 1. The van der Waals surface area contributed by atoms with Crippen molar-refractivity contribution in [1.82, 2.24) is 9.21 Å². The topological polar surface area (TPSA) is 90.7 Å². The van der Waals surface area contributed by atoms with Crippen LogP contribution in [0.1, 0.15) is 15.9 Å². The number of benzene rings is 2. The molecule has 1 amide bonds. The smallest absolute Gasteiger partial charge is 0.387 e. The summed E-state index contributed by atoms with van der Waals surface area (Å²) in [4.78, 5) is 14.0. The normalized spacial score (nSPS) is 15.2. The van der Waals surface area contributed by atoms with Crippen molar-refractivity contribution >= 4 is 15.9 Å². The molecule has 3 rings (SSSR count). The Labute approximate surface area is 166 Å². The van der Waals surface area contributed by atoms with Crippen LogP contribution in [0.3, 0.4) is 0 Å². The molecule has 10 heteroatoms. The van der Waals surface area contributed by atoms with E-state index in [0.717, 1.165) is 0 Å². The molecular weight excluding hydrogens is 404 g/mol. The van der Waals surface area contributed by atoms with E-state index in [4.69, 9.17) is 5.26 Å². The second kappa shape index (κ2) is 8.55. The third-order valence-electron chi connectivity index (χ3n) is 4.48. The zero-order valence-electron chi connectivity index (χ0n) is 15.2. The summed E-state index contributed by atoms with van der Waals surface area (Å²) >= 11 is 0. The van der Waals surface area contributed by atoms with Gasteiger partial charge in [-0.15, -0.1) is 0 Å². The Balaban J connectivity index is 1.67. The molecule has 0 aromatic heterocycles. The second-order valence-electron chi connectivity index (χ2n) is 6.21. The molecule has 0 spiro atoms. The van der Waals surface area contributed by atoms with Gasteiger partial charge < -0.3 is 9.64 Å². The standard InChI is InChI=1S/C19H17F2N3O4S/c20-19(21)28-16-7-5-14(6-8-16)18(25)23-9-11-24(12-10-23)29(26,27)17-4-2-1-3-15(17)13-22/h1-8,19H,9-12H2. The molecule has 0 atom stereocenters. The molecule has 1 heterocycles. The largest absolute Gasteiger partial charge is 0.435 e. The summed E-state index contributed by atoms with van der Waals surface area (Å²) in [7, 11) is -3.85. The first-order valence-corrected chi connectivity index (χ1v) is 10.1. The van der Waals surface area contributed by atoms with Gasteiger partial charge in [0, 0.05) is 31.7 Å². The van der Waals surface area contributed by atoms with Crippen molar-refractivity contribution in [2.45, 2.75) is 11.5 Å². The highest BCUT2D eigenvalue weighted by Crippen LogP contribution is 2.22. The third kappa shape index (κ3) is 4.52. The lowest BCUT2D eigenvalue weighted by Gasteiger charge is -2.34. The SMILES string of the molecule is N#Cc1ccccc1S(=O)(=O)N1CCN(C(=O)c2ccc(OC(F)F)cc2)CC1. The van der Waals surface area contributed by atoms with E-state index in [0.29, 0.717) is 0 Å². The van der Waals surface area contributed by atoms with Crippen LogP contribution in [0.2, 0.25) is 0 Å². The predicted octanol–water partition coefficient (Wildman–Crippen LogP) is 2.31. The fourth-order valence-electron chi connectivity index (χ4n) is 3.02. The molecule has 29 heavy (non-hydrogen) atoms. The molecule has 2 aromatic rings. The van der Waals surface area contributed by atoms with Gasteiger partial charge in [0.1, 0.15) is 11.8 Å². The van der Waals surface area contributed by atoms with E-state index >= 15 is 0 Å². The van der Waals surface area contributed by atoms with Crippen LogP contribution >= 0.6 is 0 Å². The lowest BCUT2D eigenvalue weighted by molar-refractivity contribution is -0.0498. The molecule has 1 aliphatic heterocycles. The Morgan fingerprint density at radius 2 is 1.66 bits per heavy atom. The fourth-order valence-corrected chi connectivity index (χ4v) is 4.58. The van der Waals surface area contributed by atoms with Crippen molar-refractivity contribution in [2.75, 3.05) is 26.2 Å². The number of halogens is 2. The van der Waals surface area contributed by atoms with Crippen LogP contribution in [-0.2, 0) is 10.0 Å². The number of ether oxygens (including phenoxy) is 1. The summed E-state index contributed by atoms with van der Waals surface area (Å²) in [5.74, 6) is -0.383. The Kier molecular flexibility index (Phi) is 6.10. The molecule has 152 valence electrons. The number of hydrogen-bond acceptors (Lipinski definition) is 5. The van der Waals surface area contributed by atoms with Gasteiger partial charge in [0.25, 0.3) is 5.91 Å². The lowest BCUT2D eigenvalue weighted by Crippen LogP contribution is -2.50. The highest BCUT2D eigenvalue weighted by atomic mass is 32.2. The minimum absolute atomic E-state index is 0.0522. The molecule has 0 radical (unpaired) electrons. The van der Waals surface area contributed by atoms with Crippen molar-refractivity contribution in [3.05, 3.63) is 59.7 Å². The molecule has 0 N–H and O–H groups in total. The maximum absolute atomic E-state index is 12.8. The summed E-state index contributed by atoms with van der Waals surface area (Å²) < 4.78 is 55.6. The number of alkyl halides is 2. The summed E-state index contributed by atoms with van der Waals surface area (Å²) in [6.45, 7) is -2.44. The highest BCUT2D eigenvalue weighted by molar-refractivity contribution is 7.89. The fraction of sp³-hybridized carbons (Fsp3) is 0.263. The quantitative estimate of drug-likeness (QED) is 0.739. The predicted molar refractivity (Wildman–Crippen MR) is 98.9 cm³/mol. The molecule has 7 nitrogen and oxygen atoms in total. The average molecular weight is 421 g/mol. The summed E-state index contributed by atoms with van der Waals surface area (Å²) in [5, 5.41) is 9.15. The third-order valence-corrected chi connectivity index (χ3v) is 6.43. The van der Waals surface area contributed by atoms with Crippen molar-refractivity contribution in [3.63, 3.8) is 0 Å². The number of nitriles is 1. The van der Waals surface area contributed by atoms with E-state index in [9.17, 15) is 22.0 Å². The first-order chi connectivity index (χ1) is 13.8. The Bertz CT molecular complexity index is 1030. The number of carbonyl (C=O) groups is 1. The minimum Gasteiger partial charge on any atom is -0.435 e. The van der Waals surface area contributed by atoms with Crippen LogP contribution in [0.5, 0.6) is 5.75 Å². The van der Waals surface area contributed by atoms with E-state index in [2.05, 4.69) is 4.74 Å². The molecule has 0 bridgehead atoms. The van der Waals surface area contributed by atoms with Crippen LogP contribution < -0.4 is 4.74 Å². The van der Waals surface area contributed by atoms with Crippen molar-refractivity contribution in [1.29, 1.82) is 5.26 Å². The highest BCUT2D eigenvalue weighted by Gasteiger charge is 2.31. The van der Waals surface area contributed by atoms with Gasteiger partial charge in [0.15, 0.2) is 0 Å². The first kappa shape index (κ1) is 20.7. The lowest BCUT2D eigenvalue weighted by atomic mass is 10.2. The van der Waals surface area contributed by atoms with Crippen LogP contribution in [-0.4, -0.2) is 56.3 Å². The minimum atomic E-state index is -3.85. The van der Waals surface area contributed by atoms with Gasteiger partial charge in [0.05, 0.1) is 10.5 Å². The summed E-state index contributed by atoms with van der Waals surface area (Å²) in [6, 6.07) is 13.2. The van der Waals surface area contributed by atoms with Gasteiger partial charge in [-0.2, -0.15) is 18.3 Å². The van der Waals surface area contributed by atoms with Crippen LogP contribution in [0.4, 0.5) is 8.78 Å². The number of hydrogen-bond donors (Lipinski definition) is 0. The number of piperazine rings is 1. The van der Waals surface area contributed by atoms with Gasteiger partial charge in [-0.1, -0.05) is 12.1 Å². The molecular formula is C19H17F2N3O4S. The number of sulfonamides is 1. The van der Waals surface area contributed by atoms with Gasteiger partial charge in [-0.3, -0.25) is 4.79 Å². The zero-order chi connectivity index (χ0) is 21.0. The molecule has 2 aromatic carbocycles. The average Bonchev–Trinajstić information content (AvgIpc) is 2.73. The second-order valence-corrected chi connectivity index (χ2v) is 8.11. The number of nitrogens with zero attached hydrogens (tertiary/aromatic N) is 3. The first-order valence-electron chi connectivity index (χ1n) is 8.66. The van der Waals surface area contributed by atoms with E-state index in [1.165, 1.54) is 45.6 Å².